The molecule has 7 heteroatoms. The van der Waals surface area contributed by atoms with Gasteiger partial charge in [0.25, 0.3) is 0 Å². The summed E-state index contributed by atoms with van der Waals surface area (Å²) in [5.41, 5.74) is 3.81. The zero-order valence-corrected chi connectivity index (χ0v) is 17.1. The molecular formula is C23H24N6O. The Morgan fingerprint density at radius 1 is 1.03 bits per heavy atom. The van der Waals surface area contributed by atoms with Crippen molar-refractivity contribution >= 4 is 5.82 Å². The Kier molecular flexibility index (Phi) is 5.98. The fourth-order valence-electron chi connectivity index (χ4n) is 3.25. The smallest absolute Gasteiger partial charge is 0.162 e. The number of ether oxygens (including phenoxy) is 1. The van der Waals surface area contributed by atoms with Crippen LogP contribution in [0.4, 0.5) is 5.82 Å². The first-order valence-corrected chi connectivity index (χ1v) is 9.88. The summed E-state index contributed by atoms with van der Waals surface area (Å²) in [4.78, 5) is 17.8. The zero-order chi connectivity index (χ0) is 20.8. The van der Waals surface area contributed by atoms with Gasteiger partial charge in [0.05, 0.1) is 19.1 Å². The Balaban J connectivity index is 1.60. The Morgan fingerprint density at radius 2 is 1.87 bits per heavy atom. The highest BCUT2D eigenvalue weighted by molar-refractivity contribution is 5.72. The van der Waals surface area contributed by atoms with Crippen LogP contribution in [0.15, 0.2) is 67.4 Å². The number of para-hydroxylation sites is 1. The van der Waals surface area contributed by atoms with Crippen LogP contribution >= 0.6 is 0 Å². The highest BCUT2D eigenvalue weighted by Gasteiger charge is 2.12. The van der Waals surface area contributed by atoms with Crippen molar-refractivity contribution in [3.05, 3.63) is 73.1 Å². The molecule has 0 bridgehead atoms. The number of nitrogens with zero attached hydrogens (tertiary/aromatic N) is 5. The summed E-state index contributed by atoms with van der Waals surface area (Å²) in [6, 6.07) is 13.6. The van der Waals surface area contributed by atoms with Crippen LogP contribution in [-0.2, 0) is 6.54 Å². The van der Waals surface area contributed by atoms with Crippen LogP contribution in [0.25, 0.3) is 22.6 Å². The summed E-state index contributed by atoms with van der Waals surface area (Å²) in [5.74, 6) is 2.20. The van der Waals surface area contributed by atoms with Gasteiger partial charge in [0.1, 0.15) is 11.6 Å². The molecule has 1 N–H and O–H groups in total. The Morgan fingerprint density at radius 3 is 2.63 bits per heavy atom. The highest BCUT2D eigenvalue weighted by Crippen LogP contribution is 2.31. The van der Waals surface area contributed by atoms with E-state index in [4.69, 9.17) is 14.7 Å². The van der Waals surface area contributed by atoms with E-state index in [1.165, 1.54) is 0 Å². The molecule has 0 atom stereocenters. The van der Waals surface area contributed by atoms with Crippen molar-refractivity contribution in [2.45, 2.75) is 19.9 Å². The van der Waals surface area contributed by atoms with Gasteiger partial charge in [0, 0.05) is 54.6 Å². The summed E-state index contributed by atoms with van der Waals surface area (Å²) in [6.07, 6.45) is 8.18. The van der Waals surface area contributed by atoms with Gasteiger partial charge in [-0.25, -0.2) is 15.0 Å². The number of rotatable bonds is 8. The topological polar surface area (TPSA) is 77.8 Å². The van der Waals surface area contributed by atoms with Crippen LogP contribution in [0.2, 0.25) is 0 Å². The van der Waals surface area contributed by atoms with E-state index in [-0.39, 0.29) is 0 Å². The lowest BCUT2D eigenvalue weighted by Crippen LogP contribution is -2.09. The second-order valence-electron chi connectivity index (χ2n) is 6.91. The van der Waals surface area contributed by atoms with Crippen molar-refractivity contribution in [1.29, 1.82) is 0 Å². The van der Waals surface area contributed by atoms with Gasteiger partial charge >= 0.3 is 0 Å². The molecule has 0 saturated heterocycles. The molecular weight excluding hydrogens is 376 g/mol. The maximum Gasteiger partial charge on any atom is 0.162 e. The predicted octanol–water partition coefficient (Wildman–Crippen LogP) is 4.22. The monoisotopic (exact) mass is 400 g/mol. The first-order chi connectivity index (χ1) is 14.7. The van der Waals surface area contributed by atoms with E-state index in [1.807, 2.05) is 55.0 Å². The van der Waals surface area contributed by atoms with Crippen molar-refractivity contribution in [3.8, 4) is 28.4 Å². The van der Waals surface area contributed by atoms with Crippen LogP contribution in [0.3, 0.4) is 0 Å². The van der Waals surface area contributed by atoms with E-state index >= 15 is 0 Å². The van der Waals surface area contributed by atoms with E-state index in [1.54, 1.807) is 19.5 Å². The van der Waals surface area contributed by atoms with Gasteiger partial charge in [-0.15, -0.1) is 0 Å². The molecule has 3 heterocycles. The van der Waals surface area contributed by atoms with Crippen molar-refractivity contribution in [1.82, 2.24) is 24.5 Å². The lowest BCUT2D eigenvalue weighted by molar-refractivity contribution is 0.416. The lowest BCUT2D eigenvalue weighted by Gasteiger charge is -2.13. The minimum absolute atomic E-state index is 0.647. The third kappa shape index (κ3) is 4.46. The number of hydrogen-bond acceptors (Lipinski definition) is 6. The second kappa shape index (κ2) is 9.17. The number of imidazole rings is 1. The van der Waals surface area contributed by atoms with Gasteiger partial charge in [-0.3, -0.25) is 4.98 Å². The number of aromatic nitrogens is 5. The summed E-state index contributed by atoms with van der Waals surface area (Å²) in [7, 11) is 1.67. The van der Waals surface area contributed by atoms with E-state index in [0.717, 1.165) is 53.6 Å². The maximum absolute atomic E-state index is 5.54. The second-order valence-corrected chi connectivity index (χ2v) is 6.91. The summed E-state index contributed by atoms with van der Waals surface area (Å²) < 4.78 is 7.68. The van der Waals surface area contributed by atoms with Gasteiger partial charge < -0.3 is 14.6 Å². The molecule has 4 aromatic rings. The minimum atomic E-state index is 0.647. The molecule has 0 amide bonds. The van der Waals surface area contributed by atoms with Gasteiger partial charge in [0.2, 0.25) is 0 Å². The number of methoxy groups -OCH3 is 1. The summed E-state index contributed by atoms with van der Waals surface area (Å²) in [6.45, 7) is 3.75. The Hall–Kier alpha value is -3.74. The van der Waals surface area contributed by atoms with E-state index < -0.39 is 0 Å². The van der Waals surface area contributed by atoms with E-state index in [9.17, 15) is 0 Å². The third-order valence-electron chi connectivity index (χ3n) is 4.85. The average Bonchev–Trinajstić information content (AvgIpc) is 3.21. The van der Waals surface area contributed by atoms with E-state index in [0.29, 0.717) is 5.82 Å². The molecule has 1 aromatic carbocycles. The molecule has 0 spiro atoms. The SMILES string of the molecule is COc1ccccc1-c1cc(NCCCn2cncc2C)nc(-c2ccncc2)n1. The van der Waals surface area contributed by atoms with Crippen LogP contribution < -0.4 is 10.1 Å². The Labute approximate surface area is 175 Å². The molecule has 4 rings (SSSR count). The molecule has 152 valence electrons. The number of aryl methyl sites for hydroxylation is 2. The number of anilines is 1. The molecule has 30 heavy (non-hydrogen) atoms. The molecule has 0 radical (unpaired) electrons. The van der Waals surface area contributed by atoms with Gasteiger partial charge in [0.15, 0.2) is 5.82 Å². The number of benzene rings is 1. The predicted molar refractivity (Wildman–Crippen MR) is 117 cm³/mol. The average molecular weight is 400 g/mol. The Bertz CT molecular complexity index is 1110. The standard InChI is InChI=1S/C23H24N6O/c1-17-15-25-16-29(17)13-5-10-26-22-14-20(19-6-3-4-7-21(19)30-2)27-23(28-22)18-8-11-24-12-9-18/h3-4,6-9,11-12,14-16H,5,10,13H2,1-2H3,(H,26,27,28). The highest BCUT2D eigenvalue weighted by atomic mass is 16.5. The van der Waals surface area contributed by atoms with Crippen LogP contribution in [-0.4, -0.2) is 38.2 Å². The van der Waals surface area contributed by atoms with Crippen LogP contribution in [0, 0.1) is 6.92 Å². The van der Waals surface area contributed by atoms with Crippen molar-refractivity contribution in [2.75, 3.05) is 19.0 Å². The molecule has 3 aromatic heterocycles. The lowest BCUT2D eigenvalue weighted by atomic mass is 10.1. The first-order valence-electron chi connectivity index (χ1n) is 9.88. The maximum atomic E-state index is 5.54. The quantitative estimate of drug-likeness (QED) is 0.446. The van der Waals surface area contributed by atoms with Crippen LogP contribution in [0.1, 0.15) is 12.1 Å². The summed E-state index contributed by atoms with van der Waals surface area (Å²) >= 11 is 0. The molecule has 0 unspecified atom stereocenters. The zero-order valence-electron chi connectivity index (χ0n) is 17.1. The minimum Gasteiger partial charge on any atom is -0.496 e. The fraction of sp³-hybridized carbons (Fsp3) is 0.217. The normalized spacial score (nSPS) is 10.7. The molecule has 0 fully saturated rings. The van der Waals surface area contributed by atoms with Crippen molar-refractivity contribution in [3.63, 3.8) is 0 Å². The largest absolute Gasteiger partial charge is 0.496 e. The molecule has 7 nitrogen and oxygen atoms in total. The summed E-state index contributed by atoms with van der Waals surface area (Å²) in [5, 5.41) is 3.44. The fourth-order valence-corrected chi connectivity index (χ4v) is 3.25. The number of nitrogens with one attached hydrogen (secondary N) is 1. The first kappa shape index (κ1) is 19.6. The van der Waals surface area contributed by atoms with Crippen LogP contribution in [0.5, 0.6) is 5.75 Å². The van der Waals surface area contributed by atoms with Gasteiger partial charge in [-0.05, 0) is 37.6 Å². The number of hydrogen-bond donors (Lipinski definition) is 1. The molecule has 0 saturated carbocycles. The van der Waals surface area contributed by atoms with Crippen molar-refractivity contribution in [2.24, 2.45) is 0 Å². The third-order valence-corrected chi connectivity index (χ3v) is 4.85. The molecule has 0 aliphatic heterocycles. The van der Waals surface area contributed by atoms with Gasteiger partial charge in [-0.2, -0.15) is 0 Å². The van der Waals surface area contributed by atoms with Gasteiger partial charge in [-0.1, -0.05) is 12.1 Å². The number of pyridine rings is 1. The van der Waals surface area contributed by atoms with Crippen molar-refractivity contribution < 1.29 is 4.74 Å². The molecule has 0 aliphatic rings. The van der Waals surface area contributed by atoms with E-state index in [2.05, 4.69) is 26.8 Å². The molecule has 0 aliphatic carbocycles.